The minimum Gasteiger partial charge on any atom is -0.486 e. The summed E-state index contributed by atoms with van der Waals surface area (Å²) in [5, 5.41) is 4.00. The minimum absolute atomic E-state index is 0.0482. The minimum atomic E-state index is -0.399. The smallest absolute Gasteiger partial charge is 0.247 e. The molecule has 1 aliphatic heterocycles. The summed E-state index contributed by atoms with van der Waals surface area (Å²) in [4.78, 5) is 17.9. The van der Waals surface area contributed by atoms with Gasteiger partial charge in [0.1, 0.15) is 25.3 Å². The first-order valence-electron chi connectivity index (χ1n) is 7.12. The number of rotatable bonds is 4. The molecule has 2 atom stereocenters. The Morgan fingerprint density at radius 2 is 2.23 bits per heavy atom. The van der Waals surface area contributed by atoms with Crippen LogP contribution in [0.15, 0.2) is 36.9 Å². The molecule has 0 saturated heterocycles. The average molecular weight is 302 g/mol. The van der Waals surface area contributed by atoms with E-state index in [-0.39, 0.29) is 12.0 Å². The number of fused-ring (bicyclic) bond motifs is 1. The fourth-order valence-corrected chi connectivity index (χ4v) is 2.40. The van der Waals surface area contributed by atoms with Crippen LogP contribution < -0.4 is 9.47 Å². The number of hydrogen-bond acceptors (Lipinski definition) is 5. The molecular weight excluding hydrogens is 284 g/mol. The third kappa shape index (κ3) is 2.88. The number of hydrogen-bond donors (Lipinski definition) is 0. The molecule has 1 amide bonds. The average Bonchev–Trinajstić information content (AvgIpc) is 3.07. The standard InChI is InChI=1S/C15H18N4O3/c1-11(19-10-16-9-17-19)15(20)18(2)7-12-8-21-13-5-3-4-6-14(13)22-12/h3-6,9-12H,7-8H2,1-2H3/t11-,12-/m0/s1. The summed E-state index contributed by atoms with van der Waals surface area (Å²) in [5.74, 6) is 1.40. The van der Waals surface area contributed by atoms with Crippen molar-refractivity contribution >= 4 is 5.91 Å². The van der Waals surface area contributed by atoms with Crippen LogP contribution in [0.5, 0.6) is 11.5 Å². The van der Waals surface area contributed by atoms with Gasteiger partial charge in [-0.2, -0.15) is 5.10 Å². The van der Waals surface area contributed by atoms with Gasteiger partial charge in [0.15, 0.2) is 17.6 Å². The quantitative estimate of drug-likeness (QED) is 0.847. The van der Waals surface area contributed by atoms with Gasteiger partial charge in [-0.05, 0) is 19.1 Å². The topological polar surface area (TPSA) is 69.5 Å². The molecule has 1 aromatic carbocycles. The molecule has 0 fully saturated rings. The second-order valence-corrected chi connectivity index (χ2v) is 5.27. The lowest BCUT2D eigenvalue weighted by molar-refractivity contribution is -0.134. The summed E-state index contributed by atoms with van der Waals surface area (Å²) in [6.07, 6.45) is 2.76. The first-order valence-corrected chi connectivity index (χ1v) is 7.12. The van der Waals surface area contributed by atoms with Crippen LogP contribution in [0.2, 0.25) is 0 Å². The van der Waals surface area contributed by atoms with E-state index in [9.17, 15) is 4.79 Å². The lowest BCUT2D eigenvalue weighted by atomic mass is 10.2. The molecule has 0 bridgehead atoms. The van der Waals surface area contributed by atoms with E-state index in [2.05, 4.69) is 10.1 Å². The fourth-order valence-electron chi connectivity index (χ4n) is 2.40. The molecule has 0 spiro atoms. The Labute approximate surface area is 128 Å². The number of carbonyl (C=O) groups excluding carboxylic acids is 1. The molecule has 1 aliphatic rings. The number of likely N-dealkylation sites (N-methyl/N-ethyl adjacent to an activating group) is 1. The second-order valence-electron chi connectivity index (χ2n) is 5.27. The molecule has 0 radical (unpaired) electrons. The predicted octanol–water partition coefficient (Wildman–Crippen LogP) is 1.14. The van der Waals surface area contributed by atoms with Crippen molar-refractivity contribution in [3.63, 3.8) is 0 Å². The van der Waals surface area contributed by atoms with Crippen LogP contribution >= 0.6 is 0 Å². The molecule has 2 heterocycles. The Bertz CT molecular complexity index is 644. The summed E-state index contributed by atoms with van der Waals surface area (Å²) >= 11 is 0. The lowest BCUT2D eigenvalue weighted by Gasteiger charge is -2.30. The van der Waals surface area contributed by atoms with Gasteiger partial charge in [-0.25, -0.2) is 9.67 Å². The molecule has 7 nitrogen and oxygen atoms in total. The molecule has 22 heavy (non-hydrogen) atoms. The molecule has 0 unspecified atom stereocenters. The SMILES string of the molecule is C[C@@H](C(=O)N(C)C[C@H]1COc2ccccc2O1)n1cncn1. The van der Waals surface area contributed by atoms with Crippen LogP contribution in [0.25, 0.3) is 0 Å². The van der Waals surface area contributed by atoms with Crippen LogP contribution in [-0.2, 0) is 4.79 Å². The van der Waals surface area contributed by atoms with E-state index in [1.807, 2.05) is 24.3 Å². The number of benzene rings is 1. The van der Waals surface area contributed by atoms with Crippen molar-refractivity contribution in [3.05, 3.63) is 36.9 Å². The zero-order chi connectivity index (χ0) is 15.5. The van der Waals surface area contributed by atoms with Gasteiger partial charge in [0.2, 0.25) is 5.91 Å². The maximum atomic E-state index is 12.4. The first-order chi connectivity index (χ1) is 10.6. The highest BCUT2D eigenvalue weighted by atomic mass is 16.6. The maximum absolute atomic E-state index is 12.4. The number of aromatic nitrogens is 3. The van der Waals surface area contributed by atoms with E-state index in [4.69, 9.17) is 9.47 Å². The normalized spacial score (nSPS) is 17.8. The zero-order valence-corrected chi connectivity index (χ0v) is 12.5. The van der Waals surface area contributed by atoms with Crippen LogP contribution in [0, 0.1) is 0 Å². The van der Waals surface area contributed by atoms with E-state index in [0.717, 1.165) is 5.75 Å². The molecule has 116 valence electrons. The molecule has 3 rings (SSSR count). The monoisotopic (exact) mass is 302 g/mol. The highest BCUT2D eigenvalue weighted by Gasteiger charge is 2.26. The van der Waals surface area contributed by atoms with Crippen molar-refractivity contribution < 1.29 is 14.3 Å². The number of para-hydroxylation sites is 2. The van der Waals surface area contributed by atoms with Gasteiger partial charge in [0.25, 0.3) is 0 Å². The molecule has 2 aromatic rings. The summed E-state index contributed by atoms with van der Waals surface area (Å²) in [6.45, 7) is 2.67. The molecule has 1 aromatic heterocycles. The van der Waals surface area contributed by atoms with E-state index in [1.54, 1.807) is 18.9 Å². The van der Waals surface area contributed by atoms with Crippen LogP contribution in [-0.4, -0.2) is 51.9 Å². The van der Waals surface area contributed by atoms with Crippen molar-refractivity contribution in [2.75, 3.05) is 20.2 Å². The molecule has 7 heteroatoms. The fraction of sp³-hybridized carbons (Fsp3) is 0.400. The number of amides is 1. The molecule has 0 aliphatic carbocycles. The van der Waals surface area contributed by atoms with Crippen LogP contribution in [0.4, 0.5) is 0 Å². The van der Waals surface area contributed by atoms with Gasteiger partial charge < -0.3 is 14.4 Å². The van der Waals surface area contributed by atoms with Gasteiger partial charge in [0.05, 0.1) is 6.54 Å². The highest BCUT2D eigenvalue weighted by Crippen LogP contribution is 2.31. The van der Waals surface area contributed by atoms with E-state index < -0.39 is 6.04 Å². The largest absolute Gasteiger partial charge is 0.486 e. The Kier molecular flexibility index (Phi) is 3.95. The maximum Gasteiger partial charge on any atom is 0.247 e. The van der Waals surface area contributed by atoms with Crippen molar-refractivity contribution in [2.24, 2.45) is 0 Å². The van der Waals surface area contributed by atoms with Crippen molar-refractivity contribution in [1.82, 2.24) is 19.7 Å². The van der Waals surface area contributed by atoms with Crippen LogP contribution in [0.1, 0.15) is 13.0 Å². The molecular formula is C15H18N4O3. The zero-order valence-electron chi connectivity index (χ0n) is 12.5. The Hall–Kier alpha value is -2.57. The third-order valence-electron chi connectivity index (χ3n) is 3.61. The number of carbonyl (C=O) groups is 1. The number of ether oxygens (including phenoxy) is 2. The van der Waals surface area contributed by atoms with E-state index in [1.165, 1.54) is 17.3 Å². The van der Waals surface area contributed by atoms with E-state index in [0.29, 0.717) is 18.9 Å². The van der Waals surface area contributed by atoms with Gasteiger partial charge in [0, 0.05) is 7.05 Å². The Balaban J connectivity index is 1.60. The summed E-state index contributed by atoms with van der Waals surface area (Å²) in [5.41, 5.74) is 0. The summed E-state index contributed by atoms with van der Waals surface area (Å²) in [7, 11) is 1.75. The van der Waals surface area contributed by atoms with Crippen molar-refractivity contribution in [3.8, 4) is 11.5 Å². The highest BCUT2D eigenvalue weighted by molar-refractivity contribution is 5.79. The summed E-state index contributed by atoms with van der Waals surface area (Å²) in [6, 6.07) is 7.13. The Morgan fingerprint density at radius 1 is 1.45 bits per heavy atom. The first kappa shape index (κ1) is 14.4. The van der Waals surface area contributed by atoms with Crippen molar-refractivity contribution in [1.29, 1.82) is 0 Å². The van der Waals surface area contributed by atoms with Crippen LogP contribution in [0.3, 0.4) is 0 Å². The van der Waals surface area contributed by atoms with Gasteiger partial charge in [-0.15, -0.1) is 0 Å². The van der Waals surface area contributed by atoms with Gasteiger partial charge in [-0.1, -0.05) is 12.1 Å². The number of nitrogens with zero attached hydrogens (tertiary/aromatic N) is 4. The predicted molar refractivity (Wildman–Crippen MR) is 78.7 cm³/mol. The lowest BCUT2D eigenvalue weighted by Crippen LogP contribution is -2.43. The third-order valence-corrected chi connectivity index (χ3v) is 3.61. The van der Waals surface area contributed by atoms with E-state index >= 15 is 0 Å². The molecule has 0 saturated carbocycles. The Morgan fingerprint density at radius 3 is 2.95 bits per heavy atom. The van der Waals surface area contributed by atoms with Gasteiger partial charge >= 0.3 is 0 Å². The van der Waals surface area contributed by atoms with Gasteiger partial charge in [-0.3, -0.25) is 4.79 Å². The summed E-state index contributed by atoms with van der Waals surface area (Å²) < 4.78 is 13.1. The second kappa shape index (κ2) is 6.05. The molecule has 0 N–H and O–H groups in total. The van der Waals surface area contributed by atoms with Crippen molar-refractivity contribution in [2.45, 2.75) is 19.1 Å².